The smallest absolute Gasteiger partial charge is 0.339 e. The molecule has 2 aliphatic carbocycles. The van der Waals surface area contributed by atoms with Crippen molar-refractivity contribution >= 4 is 11.9 Å². The molecule has 0 heterocycles. The van der Waals surface area contributed by atoms with Gasteiger partial charge >= 0.3 is 11.9 Å². The number of esters is 1. The van der Waals surface area contributed by atoms with Crippen molar-refractivity contribution in [2.24, 2.45) is 0 Å². The molecule has 0 radical (unpaired) electrons. The van der Waals surface area contributed by atoms with Crippen LogP contribution in [-0.4, -0.2) is 23.1 Å². The molecule has 2 aliphatic rings. The van der Waals surface area contributed by atoms with Crippen molar-refractivity contribution in [2.75, 3.05) is 0 Å². The molecule has 0 amide bonds. The van der Waals surface area contributed by atoms with Crippen LogP contribution < -0.4 is 0 Å². The van der Waals surface area contributed by atoms with Crippen LogP contribution in [0.1, 0.15) is 76.8 Å². The molecule has 4 heteroatoms. The molecule has 4 rings (SSSR count). The summed E-state index contributed by atoms with van der Waals surface area (Å²) in [4.78, 5) is 24.0. The van der Waals surface area contributed by atoms with Gasteiger partial charge in [-0.15, -0.1) is 0 Å². The largest absolute Gasteiger partial charge is 0.478 e. The second-order valence-corrected chi connectivity index (χ2v) is 7.54. The lowest BCUT2D eigenvalue weighted by molar-refractivity contribution is 0.0244. The molecular weight excluding hydrogens is 352 g/mol. The van der Waals surface area contributed by atoms with Crippen molar-refractivity contribution < 1.29 is 19.4 Å². The molecule has 1 unspecified atom stereocenters. The summed E-state index contributed by atoms with van der Waals surface area (Å²) in [6.45, 7) is 0. The molecule has 28 heavy (non-hydrogen) atoms. The second kappa shape index (κ2) is 10.1. The number of carbonyl (C=O) groups is 2. The van der Waals surface area contributed by atoms with Gasteiger partial charge in [-0.3, -0.25) is 0 Å². The van der Waals surface area contributed by atoms with E-state index in [9.17, 15) is 14.7 Å². The molecule has 2 aromatic rings. The normalized spacial score (nSPS) is 18.2. The standard InChI is InChI=1S/C24H28O4/c25-23(26)21-12-6-7-13-22(21)24(27)28-20-10-3-1-2-8-18-14-16-19(17-15-18)9-4-5-11-20/h6-7,12-17,20H,1-5,8-11H2,(H,25,26). The summed E-state index contributed by atoms with van der Waals surface area (Å²) in [7, 11) is 0. The van der Waals surface area contributed by atoms with Gasteiger partial charge in [0.05, 0.1) is 11.1 Å². The summed E-state index contributed by atoms with van der Waals surface area (Å²) >= 11 is 0. The van der Waals surface area contributed by atoms with Gasteiger partial charge in [-0.2, -0.15) is 0 Å². The average molecular weight is 380 g/mol. The van der Waals surface area contributed by atoms with Crippen molar-refractivity contribution in [1.82, 2.24) is 0 Å². The molecule has 0 aliphatic heterocycles. The zero-order valence-corrected chi connectivity index (χ0v) is 16.2. The highest BCUT2D eigenvalue weighted by Gasteiger charge is 2.21. The SMILES string of the molecule is O=C(O)c1ccccc1C(=O)OC1CCCCCc2ccc(cc2)CCCC1. The quantitative estimate of drug-likeness (QED) is 0.720. The number of carboxylic acid groups (broad SMARTS) is 1. The van der Waals surface area contributed by atoms with E-state index in [4.69, 9.17) is 4.74 Å². The Bertz CT molecular complexity index is 795. The lowest BCUT2D eigenvalue weighted by atomic mass is 9.98. The Labute approximate surface area is 166 Å². The Morgan fingerprint density at radius 2 is 1.29 bits per heavy atom. The molecule has 2 bridgehead atoms. The molecular formula is C24H28O4. The Hall–Kier alpha value is -2.62. The van der Waals surface area contributed by atoms with Crippen LogP contribution in [-0.2, 0) is 17.6 Å². The number of fused-ring (bicyclic) bond motifs is 11. The van der Waals surface area contributed by atoms with Crippen LogP contribution in [0.3, 0.4) is 0 Å². The first-order chi connectivity index (χ1) is 13.6. The molecule has 0 spiro atoms. The number of hydrogen-bond donors (Lipinski definition) is 1. The van der Waals surface area contributed by atoms with Crippen molar-refractivity contribution in [1.29, 1.82) is 0 Å². The third-order valence-electron chi connectivity index (χ3n) is 5.41. The molecule has 1 N–H and O–H groups in total. The van der Waals surface area contributed by atoms with Gasteiger partial charge in [0, 0.05) is 0 Å². The molecule has 148 valence electrons. The highest BCUT2D eigenvalue weighted by Crippen LogP contribution is 2.20. The average Bonchev–Trinajstić information content (AvgIpc) is 2.71. The van der Waals surface area contributed by atoms with Crippen LogP contribution in [0.2, 0.25) is 0 Å². The van der Waals surface area contributed by atoms with Gasteiger partial charge in [0.2, 0.25) is 0 Å². The van der Waals surface area contributed by atoms with Gasteiger partial charge in [0.25, 0.3) is 0 Å². The Morgan fingerprint density at radius 1 is 0.750 bits per heavy atom. The van der Waals surface area contributed by atoms with Crippen molar-refractivity contribution in [3.8, 4) is 0 Å². The molecule has 0 saturated carbocycles. The highest BCUT2D eigenvalue weighted by atomic mass is 16.5. The third kappa shape index (κ3) is 5.69. The predicted molar refractivity (Wildman–Crippen MR) is 109 cm³/mol. The fourth-order valence-electron chi connectivity index (χ4n) is 3.78. The summed E-state index contributed by atoms with van der Waals surface area (Å²) in [6.07, 6.45) is 8.88. The van der Waals surface area contributed by atoms with Gasteiger partial charge < -0.3 is 9.84 Å². The Kier molecular flexibility index (Phi) is 7.24. The third-order valence-corrected chi connectivity index (χ3v) is 5.41. The zero-order valence-electron chi connectivity index (χ0n) is 16.2. The molecule has 0 aromatic heterocycles. The molecule has 0 fully saturated rings. The van der Waals surface area contributed by atoms with E-state index in [1.165, 1.54) is 23.3 Å². The first-order valence-corrected chi connectivity index (χ1v) is 10.2. The van der Waals surface area contributed by atoms with Crippen molar-refractivity contribution in [3.63, 3.8) is 0 Å². The topological polar surface area (TPSA) is 63.6 Å². The minimum absolute atomic E-state index is 0.00332. The van der Waals surface area contributed by atoms with Crippen molar-refractivity contribution in [3.05, 3.63) is 70.8 Å². The number of rotatable bonds is 3. The van der Waals surface area contributed by atoms with E-state index in [1.807, 2.05) is 0 Å². The van der Waals surface area contributed by atoms with E-state index < -0.39 is 11.9 Å². The maximum Gasteiger partial charge on any atom is 0.339 e. The summed E-state index contributed by atoms with van der Waals surface area (Å²) < 4.78 is 5.75. The van der Waals surface area contributed by atoms with Crippen molar-refractivity contribution in [2.45, 2.75) is 63.9 Å². The number of benzene rings is 2. The van der Waals surface area contributed by atoms with E-state index in [-0.39, 0.29) is 17.2 Å². The van der Waals surface area contributed by atoms with Gasteiger partial charge in [-0.1, -0.05) is 42.8 Å². The van der Waals surface area contributed by atoms with Crippen LogP contribution in [0.15, 0.2) is 48.5 Å². The van der Waals surface area contributed by atoms with E-state index in [0.717, 1.165) is 57.8 Å². The monoisotopic (exact) mass is 380 g/mol. The van der Waals surface area contributed by atoms with Crippen LogP contribution in [0.4, 0.5) is 0 Å². The second-order valence-electron chi connectivity index (χ2n) is 7.54. The number of hydrogen-bond acceptors (Lipinski definition) is 3. The molecule has 2 aromatic carbocycles. The van der Waals surface area contributed by atoms with Crippen LogP contribution in [0.25, 0.3) is 0 Å². The number of aromatic carboxylic acids is 1. The number of ether oxygens (including phenoxy) is 1. The van der Waals surface area contributed by atoms with Gasteiger partial charge in [0.1, 0.15) is 6.10 Å². The molecule has 0 saturated heterocycles. The number of aryl methyl sites for hydroxylation is 2. The van der Waals surface area contributed by atoms with E-state index in [1.54, 1.807) is 12.1 Å². The lowest BCUT2D eigenvalue weighted by Crippen LogP contribution is -2.20. The van der Waals surface area contributed by atoms with Gasteiger partial charge in [-0.05, 0) is 74.6 Å². The Morgan fingerprint density at radius 3 is 1.89 bits per heavy atom. The number of carbonyl (C=O) groups excluding carboxylic acids is 1. The predicted octanol–water partition coefficient (Wildman–Crippen LogP) is 5.44. The summed E-state index contributed by atoms with van der Waals surface area (Å²) in [5, 5.41) is 9.31. The maximum atomic E-state index is 12.6. The van der Waals surface area contributed by atoms with E-state index in [2.05, 4.69) is 24.3 Å². The Balaban J connectivity index is 1.63. The molecule has 4 nitrogen and oxygen atoms in total. The minimum atomic E-state index is -1.11. The van der Waals surface area contributed by atoms with Gasteiger partial charge in [0.15, 0.2) is 0 Å². The molecule has 1 atom stereocenters. The summed E-state index contributed by atoms with van der Waals surface area (Å²) in [5.41, 5.74) is 2.86. The zero-order chi connectivity index (χ0) is 19.8. The van der Waals surface area contributed by atoms with E-state index in [0.29, 0.717) is 0 Å². The van der Waals surface area contributed by atoms with Gasteiger partial charge in [-0.25, -0.2) is 9.59 Å². The first kappa shape index (κ1) is 20.1. The fraction of sp³-hybridized carbons (Fsp3) is 0.417. The summed E-state index contributed by atoms with van der Waals surface area (Å²) in [6, 6.07) is 15.2. The number of carboxylic acids is 1. The van der Waals surface area contributed by atoms with E-state index >= 15 is 0 Å². The first-order valence-electron chi connectivity index (χ1n) is 10.2. The summed E-state index contributed by atoms with van der Waals surface area (Å²) in [5.74, 6) is -1.64. The highest BCUT2D eigenvalue weighted by molar-refractivity contribution is 6.02. The van der Waals surface area contributed by atoms with Crippen LogP contribution in [0, 0.1) is 0 Å². The van der Waals surface area contributed by atoms with Crippen LogP contribution >= 0.6 is 0 Å². The van der Waals surface area contributed by atoms with Crippen LogP contribution in [0.5, 0.6) is 0 Å². The fourth-order valence-corrected chi connectivity index (χ4v) is 3.78. The maximum absolute atomic E-state index is 12.6. The minimum Gasteiger partial charge on any atom is -0.478 e. The lowest BCUT2D eigenvalue weighted by Gasteiger charge is -2.19.